The van der Waals surface area contributed by atoms with E-state index in [2.05, 4.69) is 30.5 Å². The highest BCUT2D eigenvalue weighted by Gasteiger charge is 2.27. The molecule has 0 spiro atoms. The van der Waals surface area contributed by atoms with E-state index in [4.69, 9.17) is 19.1 Å². The molecule has 11 heteroatoms. The van der Waals surface area contributed by atoms with Crippen LogP contribution in [0.2, 0.25) is 0 Å². The second-order valence-corrected chi connectivity index (χ2v) is 15.2. The van der Waals surface area contributed by atoms with Gasteiger partial charge in [-0.3, -0.25) is 13.8 Å². The summed E-state index contributed by atoms with van der Waals surface area (Å²) in [5.41, 5.74) is 0. The molecule has 1 unspecified atom stereocenters. The van der Waals surface area contributed by atoms with E-state index < -0.39 is 51.8 Å². The topological polar surface area (TPSA) is 149 Å². The molecule has 0 aliphatic carbocycles. The third-order valence-electron chi connectivity index (χ3n) is 8.62. The highest BCUT2D eigenvalue weighted by molar-refractivity contribution is 7.47. The van der Waals surface area contributed by atoms with E-state index in [1.54, 1.807) is 12.2 Å². The molecule has 0 aromatic heterocycles. The van der Waals surface area contributed by atoms with Crippen LogP contribution in [0.15, 0.2) is 36.5 Å². The van der Waals surface area contributed by atoms with Crippen molar-refractivity contribution in [2.75, 3.05) is 26.4 Å². The fourth-order valence-electron chi connectivity index (χ4n) is 5.43. The molecule has 0 radical (unpaired) electrons. The predicted molar refractivity (Wildman–Crippen MR) is 210 cm³/mol. The highest BCUT2D eigenvalue weighted by atomic mass is 31.2. The van der Waals surface area contributed by atoms with Crippen molar-refractivity contribution < 1.29 is 47.8 Å². The molecule has 3 atom stereocenters. The minimum absolute atomic E-state index is 0.155. The molecule has 0 aliphatic rings. The van der Waals surface area contributed by atoms with E-state index in [1.807, 2.05) is 6.08 Å². The van der Waals surface area contributed by atoms with E-state index in [0.29, 0.717) is 6.42 Å². The Morgan fingerprint density at radius 1 is 0.615 bits per heavy atom. The molecule has 0 saturated heterocycles. The molecule has 52 heavy (non-hydrogen) atoms. The molecule has 0 saturated carbocycles. The minimum atomic E-state index is -4.63. The van der Waals surface area contributed by atoms with E-state index in [1.165, 1.54) is 102 Å². The van der Waals surface area contributed by atoms with Gasteiger partial charge in [-0.05, 0) is 44.9 Å². The maximum absolute atomic E-state index is 12.5. The third-order valence-corrected chi connectivity index (χ3v) is 9.57. The average Bonchev–Trinajstić information content (AvgIpc) is 3.13. The van der Waals surface area contributed by atoms with Crippen molar-refractivity contribution in [3.63, 3.8) is 0 Å². The highest BCUT2D eigenvalue weighted by Crippen LogP contribution is 2.43. The number of aliphatic hydroxyl groups excluding tert-OH is 2. The van der Waals surface area contributed by atoms with Gasteiger partial charge in [-0.2, -0.15) is 0 Å². The predicted octanol–water partition coefficient (Wildman–Crippen LogP) is 10.4. The van der Waals surface area contributed by atoms with Crippen LogP contribution in [-0.4, -0.2) is 65.7 Å². The molecular formula is C41H75O10P. The summed E-state index contributed by atoms with van der Waals surface area (Å²) in [5.74, 6) is -1.19. The van der Waals surface area contributed by atoms with Crippen LogP contribution < -0.4 is 0 Å². The summed E-state index contributed by atoms with van der Waals surface area (Å²) in [5, 5.41) is 18.3. The molecule has 0 aromatic carbocycles. The first kappa shape index (κ1) is 50.2. The number of unbranched alkanes of at least 4 members (excludes halogenated alkanes) is 21. The van der Waals surface area contributed by atoms with Gasteiger partial charge in [0.15, 0.2) is 6.10 Å². The van der Waals surface area contributed by atoms with Crippen LogP contribution >= 0.6 is 7.82 Å². The van der Waals surface area contributed by atoms with Gasteiger partial charge in [0, 0.05) is 12.5 Å². The van der Waals surface area contributed by atoms with Crippen LogP contribution in [0.1, 0.15) is 174 Å². The maximum atomic E-state index is 12.5. The van der Waals surface area contributed by atoms with Crippen molar-refractivity contribution >= 4 is 19.8 Å². The number of ether oxygens (including phenoxy) is 2. The van der Waals surface area contributed by atoms with Crippen LogP contribution in [0.4, 0.5) is 0 Å². The van der Waals surface area contributed by atoms with Gasteiger partial charge in [0.1, 0.15) is 12.7 Å². The van der Waals surface area contributed by atoms with Crippen LogP contribution in [-0.2, 0) is 32.7 Å². The molecule has 0 fully saturated rings. The van der Waals surface area contributed by atoms with Gasteiger partial charge in [-0.1, -0.05) is 153 Å². The molecule has 304 valence electrons. The number of esters is 2. The second kappa shape index (κ2) is 37.5. The maximum Gasteiger partial charge on any atom is 0.472 e. The Labute approximate surface area is 316 Å². The van der Waals surface area contributed by atoms with Gasteiger partial charge in [-0.25, -0.2) is 9.36 Å². The zero-order chi connectivity index (χ0) is 38.4. The third kappa shape index (κ3) is 36.5. The number of phosphoric ester groups is 1. The molecule has 0 heterocycles. The molecule has 3 N–H and O–H groups in total. The van der Waals surface area contributed by atoms with Crippen molar-refractivity contribution in [2.24, 2.45) is 0 Å². The van der Waals surface area contributed by atoms with E-state index in [9.17, 15) is 24.2 Å². The normalized spacial score (nSPS) is 14.3. The van der Waals surface area contributed by atoms with Crippen molar-refractivity contribution in [2.45, 2.75) is 187 Å². The van der Waals surface area contributed by atoms with E-state index >= 15 is 0 Å². The summed E-state index contributed by atoms with van der Waals surface area (Å²) < 4.78 is 32.4. The van der Waals surface area contributed by atoms with Crippen molar-refractivity contribution in [3.8, 4) is 0 Å². The fourth-order valence-corrected chi connectivity index (χ4v) is 6.22. The smallest absolute Gasteiger partial charge is 0.458 e. The molecule has 0 aromatic rings. The van der Waals surface area contributed by atoms with E-state index in [0.717, 1.165) is 51.4 Å². The quantitative estimate of drug-likeness (QED) is 0.0139. The first-order valence-electron chi connectivity index (χ1n) is 20.5. The Bertz CT molecular complexity index is 967. The fraction of sp³-hybridized carbons (Fsp3) is 0.805. The van der Waals surface area contributed by atoms with Gasteiger partial charge in [0.25, 0.3) is 0 Å². The number of aliphatic hydroxyl groups is 2. The van der Waals surface area contributed by atoms with Crippen LogP contribution in [0.25, 0.3) is 0 Å². The summed E-state index contributed by atoms with van der Waals surface area (Å²) in [6.07, 6.45) is 37.4. The standard InChI is InChI=1S/C41H75O10P/c1-3-5-7-9-11-13-15-17-19-21-22-24-26-28-30-32-40(44)48-36-39(37-50-52(46,47)49-35-38(43)34-42)51-41(45)33-31-29-27-25-23-20-18-16-14-12-10-8-6-4-2/h16,18,26,28,30,32,38-39,42-43H,3-15,17,19-25,27,29,31,33-37H2,1-2H3,(H,46,47)/b18-16+,28-26+,32-30+/t38-,39+/m0/s1. The number of carbonyl (C=O) groups is 2. The molecule has 0 aliphatic heterocycles. The minimum Gasteiger partial charge on any atom is -0.458 e. The number of phosphoric acid groups is 1. The Hall–Kier alpha value is -1.81. The molecule has 0 rings (SSSR count). The van der Waals surface area contributed by atoms with Gasteiger partial charge < -0.3 is 24.6 Å². The molecule has 10 nitrogen and oxygen atoms in total. The lowest BCUT2D eigenvalue weighted by Gasteiger charge is -2.20. The van der Waals surface area contributed by atoms with Gasteiger partial charge in [0.05, 0.1) is 19.8 Å². The molecule has 0 amide bonds. The summed E-state index contributed by atoms with van der Waals surface area (Å²) in [4.78, 5) is 34.8. The first-order chi connectivity index (χ1) is 25.2. The van der Waals surface area contributed by atoms with Crippen molar-refractivity contribution in [3.05, 3.63) is 36.5 Å². The average molecular weight is 759 g/mol. The summed E-state index contributed by atoms with van der Waals surface area (Å²) in [6, 6.07) is 0. The van der Waals surface area contributed by atoms with Crippen LogP contribution in [0.5, 0.6) is 0 Å². The SMILES string of the molecule is CCCCCCC/C=C/CCCCCCCC(=O)O[C@H](COC(=O)/C=C/C=C/CCCCCCCCCCCCC)COP(=O)(O)OC[C@@H](O)CO. The van der Waals surface area contributed by atoms with Crippen LogP contribution in [0, 0.1) is 0 Å². The monoisotopic (exact) mass is 759 g/mol. The van der Waals surface area contributed by atoms with Crippen molar-refractivity contribution in [1.82, 2.24) is 0 Å². The summed E-state index contributed by atoms with van der Waals surface area (Å²) >= 11 is 0. The number of rotatable bonds is 38. The van der Waals surface area contributed by atoms with Gasteiger partial charge in [0.2, 0.25) is 0 Å². The van der Waals surface area contributed by atoms with E-state index in [-0.39, 0.29) is 13.0 Å². The number of hydrogen-bond donors (Lipinski definition) is 3. The Morgan fingerprint density at radius 3 is 1.60 bits per heavy atom. The van der Waals surface area contributed by atoms with Gasteiger partial charge in [-0.15, -0.1) is 0 Å². The number of carbonyl (C=O) groups excluding carboxylic acids is 2. The Kier molecular flexibility index (Phi) is 36.2. The lowest BCUT2D eigenvalue weighted by atomic mass is 10.1. The largest absolute Gasteiger partial charge is 0.472 e. The zero-order valence-corrected chi connectivity index (χ0v) is 33.7. The first-order valence-corrected chi connectivity index (χ1v) is 22.0. The summed E-state index contributed by atoms with van der Waals surface area (Å²) in [6.45, 7) is 2.23. The van der Waals surface area contributed by atoms with Crippen LogP contribution in [0.3, 0.4) is 0 Å². The molecule has 0 bridgehead atoms. The molecular weight excluding hydrogens is 683 g/mol. The number of allylic oxidation sites excluding steroid dienone is 5. The van der Waals surface area contributed by atoms with Crippen molar-refractivity contribution in [1.29, 1.82) is 0 Å². The lowest BCUT2D eigenvalue weighted by Crippen LogP contribution is -2.29. The summed E-state index contributed by atoms with van der Waals surface area (Å²) in [7, 11) is -4.63. The lowest BCUT2D eigenvalue weighted by molar-refractivity contribution is -0.159. The second-order valence-electron chi connectivity index (χ2n) is 13.7. The Morgan fingerprint density at radius 2 is 1.08 bits per heavy atom. The zero-order valence-electron chi connectivity index (χ0n) is 32.8. The Balaban J connectivity index is 4.45. The van der Waals surface area contributed by atoms with Gasteiger partial charge >= 0.3 is 19.8 Å². The number of hydrogen-bond acceptors (Lipinski definition) is 9.